The second kappa shape index (κ2) is 8.43. The molecule has 0 unspecified atom stereocenters. The number of amides is 1. The van der Waals surface area contributed by atoms with Gasteiger partial charge in [0.05, 0.1) is 0 Å². The van der Waals surface area contributed by atoms with Crippen molar-refractivity contribution < 1.29 is 4.79 Å². The fourth-order valence-electron chi connectivity index (χ4n) is 3.55. The van der Waals surface area contributed by atoms with Gasteiger partial charge < -0.3 is 10.2 Å². The lowest BCUT2D eigenvalue weighted by atomic mass is 10.0. The molecular formula is C24H26N4O. The van der Waals surface area contributed by atoms with Crippen molar-refractivity contribution in [3.05, 3.63) is 72.1 Å². The average molecular weight is 386 g/mol. The molecule has 0 atom stereocenters. The van der Waals surface area contributed by atoms with Crippen LogP contribution in [0.15, 0.2) is 60.9 Å². The van der Waals surface area contributed by atoms with Crippen LogP contribution in [0, 0.1) is 0 Å². The van der Waals surface area contributed by atoms with E-state index < -0.39 is 0 Å². The Morgan fingerprint density at radius 3 is 2.31 bits per heavy atom. The monoisotopic (exact) mass is 386 g/mol. The molecule has 2 aromatic carbocycles. The molecule has 1 saturated heterocycles. The van der Waals surface area contributed by atoms with Gasteiger partial charge in [-0.15, -0.1) is 0 Å². The summed E-state index contributed by atoms with van der Waals surface area (Å²) >= 11 is 0. The van der Waals surface area contributed by atoms with Gasteiger partial charge in [-0.1, -0.05) is 38.1 Å². The molecule has 3 aromatic rings. The lowest BCUT2D eigenvalue weighted by Crippen LogP contribution is -2.20. The molecule has 0 spiro atoms. The van der Waals surface area contributed by atoms with E-state index in [4.69, 9.17) is 0 Å². The lowest BCUT2D eigenvalue weighted by Gasteiger charge is -2.14. The summed E-state index contributed by atoms with van der Waals surface area (Å²) in [6.45, 7) is 6.35. The second-order valence-corrected chi connectivity index (χ2v) is 7.78. The minimum atomic E-state index is -0.126. The van der Waals surface area contributed by atoms with Gasteiger partial charge in [0, 0.05) is 42.3 Å². The van der Waals surface area contributed by atoms with Crippen LogP contribution in [0.1, 0.15) is 48.5 Å². The highest BCUT2D eigenvalue weighted by Crippen LogP contribution is 2.23. The van der Waals surface area contributed by atoms with Crippen molar-refractivity contribution in [2.75, 3.05) is 23.3 Å². The zero-order valence-electron chi connectivity index (χ0n) is 16.9. The highest BCUT2D eigenvalue weighted by molar-refractivity contribution is 6.04. The molecule has 5 nitrogen and oxygen atoms in total. The van der Waals surface area contributed by atoms with Crippen molar-refractivity contribution in [3.63, 3.8) is 0 Å². The van der Waals surface area contributed by atoms with E-state index >= 15 is 0 Å². The zero-order chi connectivity index (χ0) is 20.2. The predicted octanol–water partition coefficient (Wildman–Crippen LogP) is 5.12. The average Bonchev–Trinajstić information content (AvgIpc) is 3.29. The van der Waals surface area contributed by atoms with Gasteiger partial charge in [0.15, 0.2) is 0 Å². The summed E-state index contributed by atoms with van der Waals surface area (Å²) in [4.78, 5) is 23.9. The van der Waals surface area contributed by atoms with E-state index in [1.807, 2.05) is 48.8 Å². The number of carbonyl (C=O) groups is 1. The summed E-state index contributed by atoms with van der Waals surface area (Å²) in [5.41, 5.74) is 4.49. The van der Waals surface area contributed by atoms with Gasteiger partial charge in [-0.05, 0) is 54.2 Å². The van der Waals surface area contributed by atoms with Gasteiger partial charge in [-0.2, -0.15) is 0 Å². The van der Waals surface area contributed by atoms with Crippen LogP contribution in [-0.2, 0) is 0 Å². The Kier molecular flexibility index (Phi) is 5.56. The maximum atomic E-state index is 12.7. The summed E-state index contributed by atoms with van der Waals surface area (Å²) < 4.78 is 0. The molecule has 0 saturated carbocycles. The van der Waals surface area contributed by atoms with E-state index in [9.17, 15) is 4.79 Å². The Morgan fingerprint density at radius 2 is 1.66 bits per heavy atom. The van der Waals surface area contributed by atoms with Gasteiger partial charge in [0.1, 0.15) is 0 Å². The maximum absolute atomic E-state index is 12.7. The van der Waals surface area contributed by atoms with E-state index in [1.54, 1.807) is 0 Å². The summed E-state index contributed by atoms with van der Waals surface area (Å²) in [5, 5.41) is 2.97. The molecular weight excluding hydrogens is 360 g/mol. The molecule has 2 heterocycles. The molecule has 1 aromatic heterocycles. The van der Waals surface area contributed by atoms with E-state index in [0.29, 0.717) is 11.5 Å². The predicted molar refractivity (Wildman–Crippen MR) is 117 cm³/mol. The molecule has 5 heteroatoms. The normalized spacial score (nSPS) is 13.7. The smallest absolute Gasteiger partial charge is 0.255 e. The number of aromatic nitrogens is 2. The van der Waals surface area contributed by atoms with Crippen LogP contribution in [0.25, 0.3) is 11.1 Å². The fraction of sp³-hybridized carbons (Fsp3) is 0.292. The third-order valence-corrected chi connectivity index (χ3v) is 5.32. The van der Waals surface area contributed by atoms with Gasteiger partial charge >= 0.3 is 0 Å². The molecule has 29 heavy (non-hydrogen) atoms. The Bertz CT molecular complexity index is 975. The lowest BCUT2D eigenvalue weighted by molar-refractivity contribution is 0.102. The number of nitrogens with zero attached hydrogens (tertiary/aromatic N) is 3. The Balaban J connectivity index is 1.48. The summed E-state index contributed by atoms with van der Waals surface area (Å²) in [6, 6.07) is 15.6. The molecule has 1 aliphatic heterocycles. The Morgan fingerprint density at radius 1 is 0.966 bits per heavy atom. The number of rotatable bonds is 5. The molecule has 148 valence electrons. The van der Waals surface area contributed by atoms with Gasteiger partial charge in [-0.3, -0.25) is 4.79 Å². The van der Waals surface area contributed by atoms with Crippen molar-refractivity contribution in [3.8, 4) is 11.1 Å². The van der Waals surface area contributed by atoms with Crippen LogP contribution in [0.3, 0.4) is 0 Å². The molecule has 1 amide bonds. The second-order valence-electron chi connectivity index (χ2n) is 7.78. The van der Waals surface area contributed by atoms with E-state index in [1.165, 1.54) is 18.4 Å². The standard InChI is InChI=1S/C24H26N4O/c1-17(2)18-8-10-22(11-9-18)27-23(29)20-7-5-6-19(14-20)21-15-25-24(26-16-21)28-12-3-4-13-28/h5-11,14-17H,3-4,12-13H2,1-2H3,(H,27,29). The van der Waals surface area contributed by atoms with Crippen LogP contribution < -0.4 is 10.2 Å². The van der Waals surface area contributed by atoms with Crippen LogP contribution in [0.2, 0.25) is 0 Å². The molecule has 1 aliphatic rings. The van der Waals surface area contributed by atoms with Gasteiger partial charge in [0.25, 0.3) is 5.91 Å². The first-order valence-electron chi connectivity index (χ1n) is 10.2. The van der Waals surface area contributed by atoms with Crippen molar-refractivity contribution in [1.29, 1.82) is 0 Å². The van der Waals surface area contributed by atoms with Gasteiger partial charge in [-0.25, -0.2) is 9.97 Å². The molecule has 4 rings (SSSR count). The third kappa shape index (κ3) is 4.45. The van der Waals surface area contributed by atoms with E-state index in [0.717, 1.165) is 35.9 Å². The van der Waals surface area contributed by atoms with Crippen LogP contribution in [-0.4, -0.2) is 29.0 Å². The molecule has 0 radical (unpaired) electrons. The summed E-state index contributed by atoms with van der Waals surface area (Å²) in [6.07, 6.45) is 6.07. The van der Waals surface area contributed by atoms with E-state index in [-0.39, 0.29) is 5.91 Å². The van der Waals surface area contributed by atoms with E-state index in [2.05, 4.69) is 46.2 Å². The number of hydrogen-bond acceptors (Lipinski definition) is 4. The van der Waals surface area contributed by atoms with Crippen LogP contribution in [0.5, 0.6) is 0 Å². The quantitative estimate of drug-likeness (QED) is 0.661. The molecule has 1 fully saturated rings. The first kappa shape index (κ1) is 19.1. The first-order chi connectivity index (χ1) is 14.1. The first-order valence-corrected chi connectivity index (χ1v) is 10.2. The topological polar surface area (TPSA) is 58.1 Å². The van der Waals surface area contributed by atoms with Crippen LogP contribution >= 0.6 is 0 Å². The van der Waals surface area contributed by atoms with Crippen LogP contribution in [0.4, 0.5) is 11.6 Å². The van der Waals surface area contributed by atoms with Crippen molar-refractivity contribution in [2.45, 2.75) is 32.6 Å². The maximum Gasteiger partial charge on any atom is 0.255 e. The minimum absolute atomic E-state index is 0.126. The fourth-order valence-corrected chi connectivity index (χ4v) is 3.55. The SMILES string of the molecule is CC(C)c1ccc(NC(=O)c2cccc(-c3cnc(N4CCCC4)nc3)c2)cc1. The highest BCUT2D eigenvalue weighted by atomic mass is 16.1. The van der Waals surface area contributed by atoms with Crippen molar-refractivity contribution in [2.24, 2.45) is 0 Å². The minimum Gasteiger partial charge on any atom is -0.341 e. The Labute approximate surface area is 171 Å². The highest BCUT2D eigenvalue weighted by Gasteiger charge is 2.15. The molecule has 0 bridgehead atoms. The number of anilines is 2. The number of carbonyl (C=O) groups excluding carboxylic acids is 1. The number of nitrogens with one attached hydrogen (secondary N) is 1. The number of benzene rings is 2. The largest absolute Gasteiger partial charge is 0.341 e. The third-order valence-electron chi connectivity index (χ3n) is 5.32. The number of hydrogen-bond donors (Lipinski definition) is 1. The molecule has 1 N–H and O–H groups in total. The molecule has 0 aliphatic carbocycles. The summed E-state index contributed by atoms with van der Waals surface area (Å²) in [5.74, 6) is 1.12. The summed E-state index contributed by atoms with van der Waals surface area (Å²) in [7, 11) is 0. The Hall–Kier alpha value is -3.21. The van der Waals surface area contributed by atoms with Crippen molar-refractivity contribution >= 4 is 17.5 Å². The van der Waals surface area contributed by atoms with Crippen molar-refractivity contribution in [1.82, 2.24) is 9.97 Å². The zero-order valence-corrected chi connectivity index (χ0v) is 16.9. The van der Waals surface area contributed by atoms with Gasteiger partial charge in [0.2, 0.25) is 5.95 Å².